The number of benzene rings is 2. The van der Waals surface area contributed by atoms with Gasteiger partial charge in [-0.25, -0.2) is 8.78 Å². The van der Waals surface area contributed by atoms with E-state index >= 15 is 0 Å². The summed E-state index contributed by atoms with van der Waals surface area (Å²) in [6.45, 7) is 0. The third kappa shape index (κ3) is 2.73. The molecule has 0 saturated carbocycles. The number of nitrogens with one attached hydrogen (secondary N) is 1. The predicted octanol–water partition coefficient (Wildman–Crippen LogP) is 5.65. The molecule has 1 N–H and O–H groups in total. The lowest BCUT2D eigenvalue weighted by atomic mass is 10.2. The van der Waals surface area contributed by atoms with Gasteiger partial charge in [0.1, 0.15) is 6.07 Å². The first-order chi connectivity index (χ1) is 9.45. The van der Waals surface area contributed by atoms with Crippen LogP contribution in [0.2, 0.25) is 10.0 Å². The molecular weight excluding hydrogens is 373 g/mol. The summed E-state index contributed by atoms with van der Waals surface area (Å²) in [5.41, 5.74) is -0.183. The van der Waals surface area contributed by atoms with Crippen LogP contribution in [0.3, 0.4) is 0 Å². The molecule has 0 amide bonds. The van der Waals surface area contributed by atoms with Crippen molar-refractivity contribution >= 4 is 50.5 Å². The molecule has 0 atom stereocenters. The molecule has 2 rings (SSSR count). The van der Waals surface area contributed by atoms with Gasteiger partial charge in [-0.05, 0) is 40.2 Å². The van der Waals surface area contributed by atoms with Gasteiger partial charge >= 0.3 is 0 Å². The first-order valence-electron chi connectivity index (χ1n) is 5.24. The molecule has 20 heavy (non-hydrogen) atoms. The van der Waals surface area contributed by atoms with E-state index in [1.165, 1.54) is 12.1 Å². The molecule has 2 nitrogen and oxygen atoms in total. The third-order valence-electron chi connectivity index (χ3n) is 2.51. The molecule has 0 saturated heterocycles. The van der Waals surface area contributed by atoms with Crippen molar-refractivity contribution in [3.05, 3.63) is 56.0 Å². The van der Waals surface area contributed by atoms with Gasteiger partial charge in [-0.2, -0.15) is 5.26 Å². The molecule has 0 spiro atoms. The molecule has 0 bridgehead atoms. The summed E-state index contributed by atoms with van der Waals surface area (Å²) in [7, 11) is 0. The summed E-state index contributed by atoms with van der Waals surface area (Å²) in [6, 6.07) is 7.17. The Morgan fingerprint density at radius 1 is 1.00 bits per heavy atom. The van der Waals surface area contributed by atoms with Gasteiger partial charge in [0.05, 0.1) is 27.0 Å². The number of anilines is 2. The van der Waals surface area contributed by atoms with Crippen LogP contribution in [0.25, 0.3) is 0 Å². The fourth-order valence-electron chi connectivity index (χ4n) is 1.50. The predicted molar refractivity (Wildman–Crippen MR) is 78.5 cm³/mol. The molecule has 0 aliphatic carbocycles. The first kappa shape index (κ1) is 15.0. The standard InChI is InChI=1S/C13H5BrCl2F2N2/c14-7-2-4-8(11(16)10(7)15)20-9-3-1-6(5-19)12(17)13(9)18/h1-4,20H. The van der Waals surface area contributed by atoms with Crippen LogP contribution in [0.5, 0.6) is 0 Å². The highest BCUT2D eigenvalue weighted by Crippen LogP contribution is 2.37. The molecule has 0 aliphatic rings. The molecule has 0 radical (unpaired) electrons. The molecule has 0 fully saturated rings. The maximum atomic E-state index is 13.8. The number of nitrogens with zero attached hydrogens (tertiary/aromatic N) is 1. The monoisotopic (exact) mass is 376 g/mol. The smallest absolute Gasteiger partial charge is 0.183 e. The van der Waals surface area contributed by atoms with Crippen LogP contribution in [-0.2, 0) is 0 Å². The number of hydrogen-bond donors (Lipinski definition) is 1. The fourth-order valence-corrected chi connectivity index (χ4v) is 2.32. The van der Waals surface area contributed by atoms with E-state index < -0.39 is 11.6 Å². The van der Waals surface area contributed by atoms with Crippen LogP contribution < -0.4 is 5.32 Å². The van der Waals surface area contributed by atoms with Gasteiger partial charge in [0.15, 0.2) is 11.6 Å². The van der Waals surface area contributed by atoms with E-state index in [2.05, 4.69) is 21.2 Å². The van der Waals surface area contributed by atoms with Crippen molar-refractivity contribution in [2.24, 2.45) is 0 Å². The van der Waals surface area contributed by atoms with Gasteiger partial charge in [0.25, 0.3) is 0 Å². The van der Waals surface area contributed by atoms with Crippen molar-refractivity contribution in [1.29, 1.82) is 5.26 Å². The Kier molecular flexibility index (Phi) is 4.48. The van der Waals surface area contributed by atoms with Crippen LogP contribution in [-0.4, -0.2) is 0 Å². The second kappa shape index (κ2) is 5.96. The van der Waals surface area contributed by atoms with Gasteiger partial charge in [-0.3, -0.25) is 0 Å². The normalized spacial score (nSPS) is 10.2. The largest absolute Gasteiger partial charge is 0.352 e. The summed E-state index contributed by atoms with van der Waals surface area (Å²) >= 11 is 15.1. The lowest BCUT2D eigenvalue weighted by Crippen LogP contribution is -1.99. The highest BCUT2D eigenvalue weighted by Gasteiger charge is 2.15. The fraction of sp³-hybridized carbons (Fsp3) is 0. The zero-order valence-electron chi connectivity index (χ0n) is 9.65. The summed E-state index contributed by atoms with van der Waals surface area (Å²) in [6.07, 6.45) is 0. The zero-order valence-corrected chi connectivity index (χ0v) is 12.7. The molecular formula is C13H5BrCl2F2N2. The Morgan fingerprint density at radius 3 is 2.30 bits per heavy atom. The quantitative estimate of drug-likeness (QED) is 0.686. The molecule has 7 heteroatoms. The van der Waals surface area contributed by atoms with Crippen molar-refractivity contribution < 1.29 is 8.78 Å². The zero-order chi connectivity index (χ0) is 14.9. The van der Waals surface area contributed by atoms with E-state index in [0.29, 0.717) is 10.2 Å². The number of halogens is 5. The van der Waals surface area contributed by atoms with Gasteiger partial charge < -0.3 is 5.32 Å². The van der Waals surface area contributed by atoms with E-state index in [9.17, 15) is 8.78 Å². The minimum absolute atomic E-state index is 0.137. The Hall–Kier alpha value is -1.35. The lowest BCUT2D eigenvalue weighted by molar-refractivity contribution is 0.509. The maximum absolute atomic E-state index is 13.8. The Bertz CT molecular complexity index is 729. The summed E-state index contributed by atoms with van der Waals surface area (Å²) < 4.78 is 27.9. The van der Waals surface area contributed by atoms with E-state index in [1.54, 1.807) is 18.2 Å². The second-order valence-corrected chi connectivity index (χ2v) is 5.36. The third-order valence-corrected chi connectivity index (χ3v) is 4.28. The molecule has 2 aromatic rings. The summed E-state index contributed by atoms with van der Waals surface area (Å²) in [5.74, 6) is -2.36. The average Bonchev–Trinajstić information content (AvgIpc) is 2.44. The van der Waals surface area contributed by atoms with Crippen molar-refractivity contribution in [3.63, 3.8) is 0 Å². The highest BCUT2D eigenvalue weighted by molar-refractivity contribution is 9.10. The summed E-state index contributed by atoms with van der Waals surface area (Å²) in [5, 5.41) is 11.7. The molecule has 0 aliphatic heterocycles. The molecule has 0 aromatic heterocycles. The number of rotatable bonds is 2. The van der Waals surface area contributed by atoms with Crippen LogP contribution in [0, 0.1) is 23.0 Å². The average molecular weight is 378 g/mol. The van der Waals surface area contributed by atoms with Gasteiger partial charge in [-0.15, -0.1) is 0 Å². The van der Waals surface area contributed by atoms with E-state index in [4.69, 9.17) is 28.5 Å². The van der Waals surface area contributed by atoms with Crippen molar-refractivity contribution in [2.45, 2.75) is 0 Å². The van der Waals surface area contributed by atoms with Gasteiger partial charge in [-0.1, -0.05) is 23.2 Å². The molecule has 0 unspecified atom stereocenters. The van der Waals surface area contributed by atoms with Crippen LogP contribution in [0.4, 0.5) is 20.2 Å². The lowest BCUT2D eigenvalue weighted by Gasteiger charge is -2.11. The van der Waals surface area contributed by atoms with Crippen molar-refractivity contribution in [3.8, 4) is 6.07 Å². The van der Waals surface area contributed by atoms with Crippen LogP contribution in [0.1, 0.15) is 5.56 Å². The summed E-state index contributed by atoms with van der Waals surface area (Å²) in [4.78, 5) is 0. The van der Waals surface area contributed by atoms with E-state index in [0.717, 1.165) is 0 Å². The van der Waals surface area contributed by atoms with E-state index in [-0.39, 0.29) is 21.3 Å². The highest BCUT2D eigenvalue weighted by atomic mass is 79.9. The van der Waals surface area contributed by atoms with Crippen molar-refractivity contribution in [2.75, 3.05) is 5.32 Å². The molecule has 0 heterocycles. The minimum Gasteiger partial charge on any atom is -0.352 e. The minimum atomic E-state index is -1.21. The molecule has 102 valence electrons. The number of nitriles is 1. The SMILES string of the molecule is N#Cc1ccc(Nc2ccc(Br)c(Cl)c2Cl)c(F)c1F. The topological polar surface area (TPSA) is 35.8 Å². The Balaban J connectivity index is 2.44. The second-order valence-electron chi connectivity index (χ2n) is 3.75. The number of hydrogen-bond acceptors (Lipinski definition) is 2. The first-order valence-corrected chi connectivity index (χ1v) is 6.79. The van der Waals surface area contributed by atoms with Gasteiger partial charge in [0.2, 0.25) is 0 Å². The van der Waals surface area contributed by atoms with Gasteiger partial charge in [0, 0.05) is 4.47 Å². The maximum Gasteiger partial charge on any atom is 0.183 e. The molecule has 2 aromatic carbocycles. The Morgan fingerprint density at radius 2 is 1.65 bits per heavy atom. The van der Waals surface area contributed by atoms with Crippen LogP contribution >= 0.6 is 39.1 Å². The van der Waals surface area contributed by atoms with Crippen LogP contribution in [0.15, 0.2) is 28.7 Å². The van der Waals surface area contributed by atoms with E-state index in [1.807, 2.05) is 0 Å². The van der Waals surface area contributed by atoms with Crippen molar-refractivity contribution in [1.82, 2.24) is 0 Å². The Labute approximate surface area is 132 Å².